The number of carbonyl (C=O) groups is 1. The predicted octanol–water partition coefficient (Wildman–Crippen LogP) is 3.07. The minimum absolute atomic E-state index is 0.0741. The fraction of sp³-hybridized carbons (Fsp3) is 0.500. The summed E-state index contributed by atoms with van der Waals surface area (Å²) in [7, 11) is 4.22. The lowest BCUT2D eigenvalue weighted by molar-refractivity contribution is 0.0609. The molecule has 0 aliphatic carbocycles. The Morgan fingerprint density at radius 1 is 1.24 bits per heavy atom. The first kappa shape index (κ1) is 14.3. The number of Topliss-reactive ketones (excluding diaryl/α,β-unsaturated/α-hetero) is 1. The number of benzene rings is 1. The summed E-state index contributed by atoms with van der Waals surface area (Å²) in [5.41, 5.74) is 4.15. The maximum atomic E-state index is 12.4. The van der Waals surface area contributed by atoms with E-state index in [0.717, 1.165) is 16.7 Å². The van der Waals surface area contributed by atoms with E-state index in [9.17, 15) is 4.79 Å². The maximum Gasteiger partial charge on any atom is 0.192 e. The quantitative estimate of drug-likeness (QED) is 0.608. The normalized spacial score (nSPS) is 14.5. The van der Waals surface area contributed by atoms with Crippen molar-refractivity contribution in [3.05, 3.63) is 34.4 Å². The summed E-state index contributed by atoms with van der Waals surface area (Å²) >= 11 is 0. The van der Waals surface area contributed by atoms with Crippen LogP contribution in [0.4, 0.5) is 0 Å². The monoisotopic (exact) mass is 252 g/mol. The third kappa shape index (κ3) is 3.14. The molecule has 0 bridgehead atoms. The van der Waals surface area contributed by atoms with Crippen molar-refractivity contribution in [2.24, 2.45) is 0 Å². The van der Waals surface area contributed by atoms with Gasteiger partial charge in [0.05, 0.1) is 0 Å². The van der Waals surface area contributed by atoms with E-state index in [-0.39, 0.29) is 17.5 Å². The highest BCUT2D eigenvalue weighted by Crippen LogP contribution is 2.21. The molecule has 0 saturated carbocycles. The Balaban J connectivity index is 3.20. The maximum absolute atomic E-state index is 12.4. The highest BCUT2D eigenvalue weighted by molar-refractivity contribution is 7.17. The summed E-state index contributed by atoms with van der Waals surface area (Å²) in [6, 6.07) is 4.08. The van der Waals surface area contributed by atoms with Crippen LogP contribution in [0, 0.1) is 20.8 Å². The van der Waals surface area contributed by atoms with Crippen LogP contribution in [0.25, 0.3) is 0 Å². The molecule has 0 aromatic heterocycles. The first-order chi connectivity index (χ1) is 7.88. The van der Waals surface area contributed by atoms with Crippen LogP contribution in [0.5, 0.6) is 0 Å². The summed E-state index contributed by atoms with van der Waals surface area (Å²) in [5.74, 6) is 0.0741. The van der Waals surface area contributed by atoms with Gasteiger partial charge in [0.2, 0.25) is 0 Å². The Labute approximate surface area is 106 Å². The van der Waals surface area contributed by atoms with Crippen LogP contribution in [0.2, 0.25) is 0 Å². The molecule has 0 saturated heterocycles. The van der Waals surface area contributed by atoms with Gasteiger partial charge in [0.1, 0.15) is 6.10 Å². The van der Waals surface area contributed by atoms with Gasteiger partial charge in [-0.3, -0.25) is 4.79 Å². The van der Waals surface area contributed by atoms with Gasteiger partial charge in [0, 0.05) is 18.3 Å². The topological polar surface area (TPSA) is 26.3 Å². The summed E-state index contributed by atoms with van der Waals surface area (Å²) in [4.78, 5) is 12.4. The van der Waals surface area contributed by atoms with Crippen molar-refractivity contribution in [3.63, 3.8) is 0 Å². The van der Waals surface area contributed by atoms with Gasteiger partial charge in [0.15, 0.2) is 5.78 Å². The summed E-state index contributed by atoms with van der Waals surface area (Å²) in [6.45, 7) is 7.97. The zero-order chi connectivity index (χ0) is 13.2. The van der Waals surface area contributed by atoms with Crippen molar-refractivity contribution in [1.29, 1.82) is 0 Å². The second kappa shape index (κ2) is 5.75. The smallest absolute Gasteiger partial charge is 0.192 e. The zero-order valence-corrected chi connectivity index (χ0v) is 12.4. The van der Waals surface area contributed by atoms with Gasteiger partial charge in [0.25, 0.3) is 0 Å². The number of hydrogen-bond donors (Lipinski definition) is 0. The van der Waals surface area contributed by atoms with E-state index in [2.05, 4.69) is 9.24 Å². The molecule has 1 unspecified atom stereocenters. The highest BCUT2D eigenvalue weighted by atomic mass is 31.0. The second-order valence-electron chi connectivity index (χ2n) is 4.65. The van der Waals surface area contributed by atoms with Crippen LogP contribution in [-0.2, 0) is 4.74 Å². The van der Waals surface area contributed by atoms with E-state index in [1.807, 2.05) is 39.8 Å². The summed E-state index contributed by atoms with van der Waals surface area (Å²) in [5, 5.41) is 0. The first-order valence-corrected chi connectivity index (χ1v) is 6.45. The molecule has 0 amide bonds. The predicted molar refractivity (Wildman–Crippen MR) is 75.0 cm³/mol. The zero-order valence-electron chi connectivity index (χ0n) is 11.2. The summed E-state index contributed by atoms with van der Waals surface area (Å²) < 4.78 is 5.30. The fourth-order valence-electron chi connectivity index (χ4n) is 2.27. The molecule has 1 aromatic carbocycles. The van der Waals surface area contributed by atoms with Crippen LogP contribution < -0.4 is 0 Å². The van der Waals surface area contributed by atoms with Gasteiger partial charge in [-0.05, 0) is 31.9 Å². The number of ether oxygens (including phenoxy) is 1. The van der Waals surface area contributed by atoms with Gasteiger partial charge in [-0.25, -0.2) is 0 Å². The molecule has 94 valence electrons. The minimum atomic E-state index is -0.389. The van der Waals surface area contributed by atoms with Crippen LogP contribution >= 0.6 is 9.24 Å². The van der Waals surface area contributed by atoms with Crippen LogP contribution in [0.1, 0.15) is 34.0 Å². The number of methoxy groups -OCH3 is 1. The first-order valence-electron chi connectivity index (χ1n) is 5.79. The van der Waals surface area contributed by atoms with Gasteiger partial charge in [-0.2, -0.15) is 0 Å². The average Bonchev–Trinajstić information content (AvgIpc) is 2.15. The molecule has 0 N–H and O–H groups in total. The van der Waals surface area contributed by atoms with E-state index in [0.29, 0.717) is 0 Å². The van der Waals surface area contributed by atoms with Gasteiger partial charge >= 0.3 is 0 Å². The van der Waals surface area contributed by atoms with Crippen molar-refractivity contribution in [3.8, 4) is 0 Å². The Morgan fingerprint density at radius 2 is 1.71 bits per heavy atom. The molecule has 0 aliphatic heterocycles. The molecule has 0 fully saturated rings. The summed E-state index contributed by atoms with van der Waals surface area (Å²) in [6.07, 6.45) is -0.389. The Hall–Kier alpha value is -0.720. The van der Waals surface area contributed by atoms with Gasteiger partial charge in [-0.1, -0.05) is 24.6 Å². The molecule has 2 nitrogen and oxygen atoms in total. The second-order valence-corrected chi connectivity index (χ2v) is 5.70. The van der Waals surface area contributed by atoms with Crippen LogP contribution in [0.15, 0.2) is 12.1 Å². The van der Waals surface area contributed by atoms with Gasteiger partial charge < -0.3 is 4.74 Å². The Kier molecular flexibility index (Phi) is 4.85. The van der Waals surface area contributed by atoms with Crippen LogP contribution in [-0.4, -0.2) is 24.7 Å². The molecular weight excluding hydrogens is 231 g/mol. The van der Waals surface area contributed by atoms with E-state index in [1.54, 1.807) is 7.11 Å². The van der Waals surface area contributed by atoms with Crippen molar-refractivity contribution < 1.29 is 9.53 Å². The van der Waals surface area contributed by atoms with E-state index in [4.69, 9.17) is 4.74 Å². The molecule has 0 radical (unpaired) electrons. The Morgan fingerprint density at radius 3 is 2.06 bits per heavy atom. The average molecular weight is 252 g/mol. The number of aryl methyl sites for hydroxylation is 3. The molecule has 3 heteroatoms. The lowest BCUT2D eigenvalue weighted by Gasteiger charge is -2.20. The molecule has 0 heterocycles. The van der Waals surface area contributed by atoms with E-state index < -0.39 is 0 Å². The number of carbonyl (C=O) groups excluding carboxylic acids is 1. The lowest BCUT2D eigenvalue weighted by Crippen LogP contribution is -2.31. The highest BCUT2D eigenvalue weighted by Gasteiger charge is 2.25. The minimum Gasteiger partial charge on any atom is -0.373 e. The number of ketones is 1. The number of rotatable bonds is 4. The molecule has 0 spiro atoms. The van der Waals surface area contributed by atoms with Crippen molar-refractivity contribution >= 4 is 15.0 Å². The van der Waals surface area contributed by atoms with Crippen molar-refractivity contribution in [2.75, 3.05) is 7.11 Å². The van der Waals surface area contributed by atoms with Crippen molar-refractivity contribution in [1.82, 2.24) is 0 Å². The van der Waals surface area contributed by atoms with Crippen LogP contribution in [0.3, 0.4) is 0 Å². The molecule has 3 atom stereocenters. The molecule has 17 heavy (non-hydrogen) atoms. The molecule has 1 aromatic rings. The largest absolute Gasteiger partial charge is 0.373 e. The van der Waals surface area contributed by atoms with Crippen molar-refractivity contribution in [2.45, 2.75) is 39.5 Å². The molecule has 1 rings (SSSR count). The standard InChI is InChI=1S/C14H21O2P/c1-8-6-9(2)12(10(3)7-8)13(15)14(16-5)11(4)17/h6-7,11,14H,17H2,1-5H3/t11-,14+/m1/s1. The SMILES string of the molecule is CO[C@H](C(=O)c1c(C)cc(C)cc1C)[C@@H](C)P. The molecule has 0 aliphatic rings. The number of hydrogen-bond acceptors (Lipinski definition) is 2. The van der Waals surface area contributed by atoms with E-state index >= 15 is 0 Å². The third-order valence-corrected chi connectivity index (χ3v) is 3.26. The Bertz CT molecular complexity index is 401. The van der Waals surface area contributed by atoms with Gasteiger partial charge in [-0.15, -0.1) is 9.24 Å². The van der Waals surface area contributed by atoms with E-state index in [1.165, 1.54) is 5.56 Å². The fourth-order valence-corrected chi connectivity index (χ4v) is 2.60. The third-order valence-electron chi connectivity index (χ3n) is 2.91. The lowest BCUT2D eigenvalue weighted by atomic mass is 9.93. The molecular formula is C14H21O2P.